The van der Waals surface area contributed by atoms with Crippen LogP contribution in [0.5, 0.6) is 11.5 Å². The van der Waals surface area contributed by atoms with Crippen LogP contribution in [0.4, 0.5) is 30.4 Å². The Kier molecular flexibility index (Phi) is 18.8. The SMILES string of the molecule is CC(C)COc1cc(F)ccc1NC(=O)C(=O)Nc1nc(C(N)S(C)(=O)=O)c(Cl)s1.CSc1sc(NC(=O)C(=O)Nc2ccc(F)cc2OCC(C)C)nc1CNS(C)(=O)=O. The third-order valence-corrected chi connectivity index (χ3v) is 12.2. The van der Waals surface area contributed by atoms with Crippen molar-refractivity contribution in [1.82, 2.24) is 14.7 Å². The van der Waals surface area contributed by atoms with Gasteiger partial charge in [0.25, 0.3) is 0 Å². The number of sulfone groups is 1. The molecule has 0 spiro atoms. The van der Waals surface area contributed by atoms with Gasteiger partial charge >= 0.3 is 23.6 Å². The molecule has 0 aliphatic heterocycles. The number of sulfonamides is 1. The van der Waals surface area contributed by atoms with E-state index in [0.717, 1.165) is 59.5 Å². The van der Waals surface area contributed by atoms with E-state index in [4.69, 9.17) is 26.8 Å². The van der Waals surface area contributed by atoms with Gasteiger partial charge < -0.3 is 25.8 Å². The Labute approximate surface area is 368 Å². The number of carbonyl (C=O) groups excluding carboxylic acids is 4. The van der Waals surface area contributed by atoms with Gasteiger partial charge in [0.2, 0.25) is 10.0 Å². The molecule has 18 nitrogen and oxygen atoms in total. The molecule has 2 aromatic carbocycles. The molecule has 7 N–H and O–H groups in total. The van der Waals surface area contributed by atoms with E-state index in [1.165, 1.54) is 23.9 Å². The summed E-state index contributed by atoms with van der Waals surface area (Å²) < 4.78 is 86.7. The molecular formula is C35H43ClF2N8O10S5. The summed E-state index contributed by atoms with van der Waals surface area (Å²) in [6.07, 6.45) is 3.73. The number of nitrogens with one attached hydrogen (secondary N) is 5. The van der Waals surface area contributed by atoms with E-state index in [-0.39, 0.29) is 68.2 Å². The first kappa shape index (κ1) is 50.9. The van der Waals surface area contributed by atoms with Crippen molar-refractivity contribution in [2.45, 2.75) is 43.8 Å². The van der Waals surface area contributed by atoms with Crippen LogP contribution in [-0.4, -0.2) is 82.4 Å². The molecule has 0 bridgehead atoms. The third-order valence-electron chi connectivity index (χ3n) is 7.07. The molecule has 1 atom stereocenters. The minimum Gasteiger partial charge on any atom is -0.491 e. The van der Waals surface area contributed by atoms with E-state index in [1.807, 2.05) is 27.7 Å². The van der Waals surface area contributed by atoms with Crippen molar-refractivity contribution in [1.29, 1.82) is 0 Å². The zero-order valence-corrected chi connectivity index (χ0v) is 38.4. The summed E-state index contributed by atoms with van der Waals surface area (Å²) in [5.41, 5.74) is 6.15. The summed E-state index contributed by atoms with van der Waals surface area (Å²) in [6, 6.07) is 7.04. The third kappa shape index (κ3) is 16.7. The Bertz CT molecular complexity index is 2450. The fourth-order valence-electron chi connectivity index (χ4n) is 4.22. The number of hydrogen-bond acceptors (Lipinski definition) is 16. The number of thioether (sulfide) groups is 1. The Morgan fingerprint density at radius 1 is 0.770 bits per heavy atom. The first-order valence-corrected chi connectivity index (χ1v) is 24.6. The predicted octanol–water partition coefficient (Wildman–Crippen LogP) is 5.21. The monoisotopic (exact) mass is 968 g/mol. The molecule has 1 unspecified atom stereocenters. The maximum atomic E-state index is 13.5. The molecule has 0 aliphatic carbocycles. The van der Waals surface area contributed by atoms with Gasteiger partial charge in [-0.2, -0.15) is 0 Å². The van der Waals surface area contributed by atoms with Crippen molar-refractivity contribution < 1.29 is 54.3 Å². The number of rotatable bonds is 16. The van der Waals surface area contributed by atoms with Crippen molar-refractivity contribution in [3.8, 4) is 11.5 Å². The summed E-state index contributed by atoms with van der Waals surface area (Å²) in [7, 11) is -7.08. The maximum Gasteiger partial charge on any atom is 0.315 e. The van der Waals surface area contributed by atoms with Gasteiger partial charge in [-0.1, -0.05) is 62.0 Å². The standard InChI is InChI=1S/C18H23FN4O5S3.C17H20ClFN4O5S2/c1-10(2)9-28-14-7-11(19)5-6-12(14)21-15(24)16(25)23-18-22-13(17(29-3)30-18)8-20-31(4,26)27;1-8(2)7-28-11-6-9(19)4-5-10(11)21-15(24)16(25)23-17-22-12(13(18)29-17)14(20)30(3,26)27/h5-7,10,20H,8-9H2,1-4H3,(H,21,24)(H,22,23,25);4-6,8,14H,7,20H2,1-3H3,(H,21,24)(H,22,23,25). The number of hydrogen-bond donors (Lipinski definition) is 6. The molecule has 0 saturated heterocycles. The van der Waals surface area contributed by atoms with Crippen LogP contribution in [-0.2, 0) is 45.6 Å². The second-order valence-corrected chi connectivity index (χ2v) is 21.2. The fourth-order valence-corrected chi connectivity index (χ4v) is 8.09. The molecule has 26 heteroatoms. The number of anilines is 4. The number of nitrogens with two attached hydrogens (primary N) is 1. The van der Waals surface area contributed by atoms with E-state index in [2.05, 4.69) is 36.0 Å². The smallest absolute Gasteiger partial charge is 0.315 e. The molecule has 4 aromatic rings. The Morgan fingerprint density at radius 3 is 1.62 bits per heavy atom. The molecule has 2 heterocycles. The van der Waals surface area contributed by atoms with Crippen LogP contribution in [0.2, 0.25) is 4.34 Å². The number of amides is 4. The summed E-state index contributed by atoms with van der Waals surface area (Å²) in [5, 5.41) is 7.90. The van der Waals surface area contributed by atoms with Crippen molar-refractivity contribution in [3.05, 3.63) is 63.8 Å². The molecule has 0 saturated carbocycles. The Hall–Kier alpha value is -4.50. The Morgan fingerprint density at radius 2 is 1.21 bits per heavy atom. The number of ether oxygens (including phenoxy) is 2. The molecular weight excluding hydrogens is 926 g/mol. The molecule has 334 valence electrons. The molecule has 61 heavy (non-hydrogen) atoms. The van der Waals surface area contributed by atoms with Crippen molar-refractivity contribution in [3.63, 3.8) is 0 Å². The van der Waals surface area contributed by atoms with Crippen LogP contribution in [0, 0.1) is 23.5 Å². The van der Waals surface area contributed by atoms with Crippen molar-refractivity contribution in [2.75, 3.05) is 53.2 Å². The summed E-state index contributed by atoms with van der Waals surface area (Å²) in [5.74, 6) is -4.73. The number of thiazole rings is 2. The lowest BCUT2D eigenvalue weighted by molar-refractivity contribution is -0.133. The lowest BCUT2D eigenvalue weighted by atomic mass is 10.2. The highest BCUT2D eigenvalue weighted by Gasteiger charge is 2.27. The van der Waals surface area contributed by atoms with E-state index in [0.29, 0.717) is 16.5 Å². The van der Waals surface area contributed by atoms with E-state index in [1.54, 1.807) is 6.26 Å². The number of aromatic nitrogens is 2. The first-order valence-electron chi connectivity index (χ1n) is 17.5. The maximum absolute atomic E-state index is 13.5. The lowest BCUT2D eigenvalue weighted by Gasteiger charge is -2.13. The van der Waals surface area contributed by atoms with Gasteiger partial charge in [-0.25, -0.2) is 40.3 Å². The minimum absolute atomic E-state index is 0.0356. The van der Waals surface area contributed by atoms with Crippen LogP contribution < -0.4 is 41.2 Å². The van der Waals surface area contributed by atoms with Crippen LogP contribution in [0.25, 0.3) is 0 Å². The molecule has 4 rings (SSSR count). The Balaban J connectivity index is 0.000000325. The van der Waals surface area contributed by atoms with E-state index in [9.17, 15) is 44.8 Å². The minimum atomic E-state index is -3.67. The molecule has 0 fully saturated rings. The molecule has 0 radical (unpaired) electrons. The van der Waals surface area contributed by atoms with Crippen LogP contribution >= 0.6 is 46.0 Å². The van der Waals surface area contributed by atoms with Crippen molar-refractivity contribution in [2.24, 2.45) is 17.6 Å². The molecule has 0 aliphatic rings. The van der Waals surface area contributed by atoms with Gasteiger partial charge in [0.15, 0.2) is 25.5 Å². The molecule has 4 amide bonds. The van der Waals surface area contributed by atoms with Gasteiger partial charge in [-0.15, -0.1) is 11.8 Å². The van der Waals surface area contributed by atoms with E-state index < -0.39 is 60.5 Å². The zero-order valence-electron chi connectivity index (χ0n) is 33.5. The normalized spacial score (nSPS) is 12.0. The largest absolute Gasteiger partial charge is 0.491 e. The van der Waals surface area contributed by atoms with E-state index >= 15 is 0 Å². The second-order valence-electron chi connectivity index (χ2n) is 13.5. The predicted molar refractivity (Wildman–Crippen MR) is 232 cm³/mol. The highest BCUT2D eigenvalue weighted by molar-refractivity contribution is 8.00. The van der Waals surface area contributed by atoms with Crippen LogP contribution in [0.3, 0.4) is 0 Å². The van der Waals surface area contributed by atoms with Crippen LogP contribution in [0.1, 0.15) is 44.5 Å². The highest BCUT2D eigenvalue weighted by Crippen LogP contribution is 2.34. The number of halogens is 3. The van der Waals surface area contributed by atoms with Gasteiger partial charge in [-0.3, -0.25) is 29.8 Å². The van der Waals surface area contributed by atoms with Crippen LogP contribution in [0.15, 0.2) is 40.6 Å². The van der Waals surface area contributed by atoms with Gasteiger partial charge in [-0.05, 0) is 42.4 Å². The zero-order chi connectivity index (χ0) is 45.8. The van der Waals surface area contributed by atoms with Crippen molar-refractivity contribution >= 4 is 111 Å². The summed E-state index contributed by atoms with van der Waals surface area (Å²) in [4.78, 5) is 57.1. The topological polar surface area (TPSA) is 267 Å². The first-order chi connectivity index (χ1) is 28.4. The lowest BCUT2D eigenvalue weighted by Crippen LogP contribution is -2.29. The van der Waals surface area contributed by atoms with Gasteiger partial charge in [0.05, 0.1) is 47.3 Å². The summed E-state index contributed by atoms with van der Waals surface area (Å²) >= 11 is 9.14. The fraction of sp³-hybridized carbons (Fsp3) is 0.371. The second kappa shape index (κ2) is 22.6. The number of carbonyl (C=O) groups is 4. The van der Waals surface area contributed by atoms with Gasteiger partial charge in [0.1, 0.15) is 33.2 Å². The number of nitrogens with zero attached hydrogens (tertiary/aromatic N) is 2. The summed E-state index contributed by atoms with van der Waals surface area (Å²) in [6.45, 7) is 8.17. The average molecular weight is 970 g/mol. The number of benzene rings is 2. The highest BCUT2D eigenvalue weighted by atomic mass is 35.5. The molecule has 2 aromatic heterocycles. The average Bonchev–Trinajstić information content (AvgIpc) is 3.74. The quantitative estimate of drug-likeness (QED) is 0.0622. The van der Waals surface area contributed by atoms with Gasteiger partial charge in [0, 0.05) is 18.4 Å².